The molecule has 0 aliphatic rings. The van der Waals surface area contributed by atoms with Crippen LogP contribution in [0.15, 0.2) is 47.6 Å². The molecule has 0 saturated heterocycles. The molecule has 156 valence electrons. The molecule has 2 aromatic carbocycles. The Morgan fingerprint density at radius 1 is 1.20 bits per heavy atom. The molecule has 0 saturated carbocycles. The summed E-state index contributed by atoms with van der Waals surface area (Å²) in [6.07, 6.45) is 0. The quantitative estimate of drug-likeness (QED) is 0.502. The summed E-state index contributed by atoms with van der Waals surface area (Å²) in [4.78, 5) is 23.5. The number of nitrogens with zero attached hydrogens (tertiary/aromatic N) is 3. The summed E-state index contributed by atoms with van der Waals surface area (Å²) in [5.74, 6) is 0.0761. The molecule has 0 spiro atoms. The van der Waals surface area contributed by atoms with E-state index in [1.165, 1.54) is 30.0 Å². The van der Waals surface area contributed by atoms with E-state index >= 15 is 0 Å². The van der Waals surface area contributed by atoms with Gasteiger partial charge in [0.25, 0.3) is 0 Å². The summed E-state index contributed by atoms with van der Waals surface area (Å²) < 4.78 is 7.09. The highest BCUT2D eigenvalue weighted by Gasteiger charge is 2.16. The Morgan fingerprint density at radius 2 is 1.93 bits per heavy atom. The molecule has 30 heavy (non-hydrogen) atoms. The number of nitrogens with one attached hydrogen (secondary N) is 1. The van der Waals surface area contributed by atoms with Gasteiger partial charge in [-0.05, 0) is 49.4 Å². The number of benzene rings is 2. The number of hydrogen-bond acceptors (Lipinski definition) is 6. The molecule has 0 aliphatic heterocycles. The van der Waals surface area contributed by atoms with Crippen LogP contribution in [0.25, 0.3) is 11.4 Å². The van der Waals surface area contributed by atoms with E-state index in [-0.39, 0.29) is 27.9 Å². The normalized spacial score (nSPS) is 10.6. The van der Waals surface area contributed by atoms with Crippen LogP contribution >= 0.6 is 23.4 Å². The third kappa shape index (κ3) is 4.92. The van der Waals surface area contributed by atoms with Crippen molar-refractivity contribution in [1.29, 1.82) is 0 Å². The van der Waals surface area contributed by atoms with Crippen molar-refractivity contribution in [3.63, 3.8) is 0 Å². The molecule has 3 aromatic rings. The van der Waals surface area contributed by atoms with Gasteiger partial charge < -0.3 is 19.7 Å². The Kier molecular flexibility index (Phi) is 6.96. The highest BCUT2D eigenvalue weighted by atomic mass is 35.5. The number of rotatable bonds is 8. The minimum atomic E-state index is -1.10. The second kappa shape index (κ2) is 9.64. The number of thioether (sulfide) groups is 1. The second-order valence-electron chi connectivity index (χ2n) is 6.12. The van der Waals surface area contributed by atoms with Gasteiger partial charge in [-0.3, -0.25) is 4.79 Å². The fourth-order valence-corrected chi connectivity index (χ4v) is 3.67. The van der Waals surface area contributed by atoms with Crippen LogP contribution in [0.3, 0.4) is 0 Å². The number of carbonyl (C=O) groups excluding carboxylic acids is 1. The van der Waals surface area contributed by atoms with Gasteiger partial charge in [-0.2, -0.15) is 0 Å². The fraction of sp³-hybridized carbons (Fsp3) is 0.200. The highest BCUT2D eigenvalue weighted by Crippen LogP contribution is 2.27. The first kappa shape index (κ1) is 21.7. The minimum Gasteiger partial charge on any atom is -0.497 e. The molecule has 0 aliphatic carbocycles. The maximum absolute atomic E-state index is 12.4. The van der Waals surface area contributed by atoms with Crippen LogP contribution in [-0.4, -0.2) is 44.6 Å². The largest absolute Gasteiger partial charge is 0.497 e. The molecule has 8 nitrogen and oxygen atoms in total. The number of methoxy groups -OCH3 is 1. The van der Waals surface area contributed by atoms with Crippen molar-refractivity contribution in [2.75, 3.05) is 18.2 Å². The van der Waals surface area contributed by atoms with Gasteiger partial charge in [0.05, 0.1) is 29.1 Å². The van der Waals surface area contributed by atoms with Crippen LogP contribution in [0.4, 0.5) is 5.69 Å². The lowest BCUT2D eigenvalue weighted by atomic mass is 10.2. The zero-order valence-electron chi connectivity index (χ0n) is 16.3. The van der Waals surface area contributed by atoms with Gasteiger partial charge in [-0.15, -0.1) is 10.2 Å². The molecule has 0 radical (unpaired) electrons. The Bertz CT molecular complexity index is 1070. The summed E-state index contributed by atoms with van der Waals surface area (Å²) >= 11 is 7.28. The molecular formula is C20H19ClN4O4S. The van der Waals surface area contributed by atoms with E-state index in [9.17, 15) is 9.59 Å². The Labute approximate surface area is 182 Å². The number of aromatic nitrogens is 3. The molecule has 0 fully saturated rings. The monoisotopic (exact) mass is 446 g/mol. The molecule has 0 unspecified atom stereocenters. The maximum Gasteiger partial charge on any atom is 0.335 e. The van der Waals surface area contributed by atoms with Crippen LogP contribution in [0.2, 0.25) is 5.02 Å². The molecule has 1 heterocycles. The second-order valence-corrected chi connectivity index (χ2v) is 7.47. The number of amides is 1. The van der Waals surface area contributed by atoms with Gasteiger partial charge in [0.15, 0.2) is 11.0 Å². The Balaban J connectivity index is 1.70. The van der Waals surface area contributed by atoms with Gasteiger partial charge >= 0.3 is 5.97 Å². The molecule has 3 rings (SSSR count). The van der Waals surface area contributed by atoms with E-state index in [1.807, 2.05) is 35.8 Å². The zero-order chi connectivity index (χ0) is 21.7. The van der Waals surface area contributed by atoms with Gasteiger partial charge in [0, 0.05) is 12.1 Å². The van der Waals surface area contributed by atoms with Crippen molar-refractivity contribution in [2.45, 2.75) is 18.6 Å². The number of hydrogen-bond donors (Lipinski definition) is 2. The average Bonchev–Trinajstić information content (AvgIpc) is 3.16. The number of carboxylic acid groups (broad SMARTS) is 1. The van der Waals surface area contributed by atoms with Gasteiger partial charge in [-0.1, -0.05) is 23.4 Å². The maximum atomic E-state index is 12.4. The Hall–Kier alpha value is -3.04. The highest BCUT2D eigenvalue weighted by molar-refractivity contribution is 7.99. The van der Waals surface area contributed by atoms with Crippen molar-refractivity contribution in [3.05, 3.63) is 53.1 Å². The molecule has 0 bridgehead atoms. The van der Waals surface area contributed by atoms with E-state index in [0.717, 1.165) is 11.3 Å². The third-order valence-corrected chi connectivity index (χ3v) is 5.50. The number of aromatic carboxylic acids is 1. The predicted octanol–water partition coefficient (Wildman–Crippen LogP) is 4.06. The van der Waals surface area contributed by atoms with E-state index in [0.29, 0.717) is 17.5 Å². The first-order valence-electron chi connectivity index (χ1n) is 8.96. The van der Waals surface area contributed by atoms with E-state index < -0.39 is 5.97 Å². The smallest absolute Gasteiger partial charge is 0.335 e. The summed E-state index contributed by atoms with van der Waals surface area (Å²) in [6, 6.07) is 11.6. The molecule has 10 heteroatoms. The van der Waals surface area contributed by atoms with E-state index in [1.54, 1.807) is 7.11 Å². The van der Waals surface area contributed by atoms with E-state index in [2.05, 4.69) is 15.5 Å². The van der Waals surface area contributed by atoms with Crippen LogP contribution in [0.1, 0.15) is 17.3 Å². The topological polar surface area (TPSA) is 106 Å². The first-order valence-corrected chi connectivity index (χ1v) is 10.3. The van der Waals surface area contributed by atoms with Crippen molar-refractivity contribution in [1.82, 2.24) is 14.8 Å². The van der Waals surface area contributed by atoms with Gasteiger partial charge in [0.2, 0.25) is 5.91 Å². The van der Waals surface area contributed by atoms with Crippen molar-refractivity contribution in [2.24, 2.45) is 0 Å². The number of carboxylic acids is 1. The molecule has 2 N–H and O–H groups in total. The lowest BCUT2D eigenvalue weighted by molar-refractivity contribution is -0.113. The summed E-state index contributed by atoms with van der Waals surface area (Å²) in [5, 5.41) is 21.0. The third-order valence-electron chi connectivity index (χ3n) is 4.20. The predicted molar refractivity (Wildman–Crippen MR) is 115 cm³/mol. The fourth-order valence-electron chi connectivity index (χ4n) is 2.70. The zero-order valence-corrected chi connectivity index (χ0v) is 17.8. The molecule has 1 amide bonds. The number of anilines is 1. The van der Waals surface area contributed by atoms with E-state index in [4.69, 9.17) is 21.4 Å². The van der Waals surface area contributed by atoms with Crippen LogP contribution in [0.5, 0.6) is 5.75 Å². The SMILES string of the molecule is CCn1c(SCC(=O)Nc2cc(C(=O)O)ccc2Cl)nnc1-c1ccc(OC)cc1. The van der Waals surface area contributed by atoms with Crippen molar-refractivity contribution >= 4 is 40.9 Å². The van der Waals surface area contributed by atoms with Crippen LogP contribution in [-0.2, 0) is 11.3 Å². The van der Waals surface area contributed by atoms with Gasteiger partial charge in [0.1, 0.15) is 5.75 Å². The lowest BCUT2D eigenvalue weighted by Crippen LogP contribution is -2.15. The first-order chi connectivity index (χ1) is 14.4. The number of ether oxygens (including phenoxy) is 1. The van der Waals surface area contributed by atoms with Crippen molar-refractivity contribution < 1.29 is 19.4 Å². The summed E-state index contributed by atoms with van der Waals surface area (Å²) in [5.41, 5.74) is 1.17. The minimum absolute atomic E-state index is 0.0391. The summed E-state index contributed by atoms with van der Waals surface area (Å²) in [7, 11) is 1.61. The Morgan fingerprint density at radius 3 is 2.57 bits per heavy atom. The summed E-state index contributed by atoms with van der Waals surface area (Å²) in [6.45, 7) is 2.60. The number of carbonyl (C=O) groups is 2. The van der Waals surface area contributed by atoms with Crippen molar-refractivity contribution in [3.8, 4) is 17.1 Å². The standard InChI is InChI=1S/C20H19ClN4O4S/c1-3-25-18(12-4-7-14(29-2)8-5-12)23-24-20(25)30-11-17(26)22-16-10-13(19(27)28)6-9-15(16)21/h4-10H,3,11H2,1-2H3,(H,22,26)(H,27,28). The molecule has 0 atom stereocenters. The average molecular weight is 447 g/mol. The molecule has 1 aromatic heterocycles. The number of halogens is 1. The molecular weight excluding hydrogens is 428 g/mol. The lowest BCUT2D eigenvalue weighted by Gasteiger charge is -2.09. The van der Waals surface area contributed by atoms with Gasteiger partial charge in [-0.25, -0.2) is 4.79 Å². The van der Waals surface area contributed by atoms with Crippen LogP contribution in [0, 0.1) is 0 Å². The van der Waals surface area contributed by atoms with Crippen LogP contribution < -0.4 is 10.1 Å².